The van der Waals surface area contributed by atoms with E-state index in [4.69, 9.17) is 5.11 Å². The van der Waals surface area contributed by atoms with E-state index in [9.17, 15) is 4.79 Å². The maximum Gasteiger partial charge on any atom is 0.355 e. The first-order valence-corrected chi connectivity index (χ1v) is 5.75. The molecule has 17 heavy (non-hydrogen) atoms. The van der Waals surface area contributed by atoms with E-state index in [-0.39, 0.29) is 11.7 Å². The molecule has 0 radical (unpaired) electrons. The zero-order valence-corrected chi connectivity index (χ0v) is 10.1. The summed E-state index contributed by atoms with van der Waals surface area (Å²) in [5, 5.41) is 21.6. The van der Waals surface area contributed by atoms with Crippen LogP contribution >= 0.6 is 11.3 Å². The van der Waals surface area contributed by atoms with Crippen LogP contribution in [0.3, 0.4) is 0 Å². The lowest BCUT2D eigenvalue weighted by atomic mass is 10.3. The number of carboxylic acids is 1. The molecule has 0 saturated heterocycles. The fourth-order valence-corrected chi connectivity index (χ4v) is 2.14. The van der Waals surface area contributed by atoms with Crippen molar-refractivity contribution in [2.45, 2.75) is 13.0 Å². The number of hydrogen-bond acceptors (Lipinski definition) is 6. The Kier molecular flexibility index (Phi) is 3.05. The minimum absolute atomic E-state index is 0.0441. The molecule has 2 N–H and O–H groups in total. The summed E-state index contributed by atoms with van der Waals surface area (Å²) in [6, 6.07) is -0.0877. The molecular weight excluding hydrogens is 242 g/mol. The molecule has 0 bridgehead atoms. The number of nitrogens with zero attached hydrogens (tertiary/aromatic N) is 4. The van der Waals surface area contributed by atoms with Gasteiger partial charge in [0.25, 0.3) is 0 Å². The summed E-state index contributed by atoms with van der Waals surface area (Å²) in [4.78, 5) is 14.6. The predicted octanol–water partition coefficient (Wildman–Crippen LogP) is 1.14. The van der Waals surface area contributed by atoms with Crippen molar-refractivity contribution in [1.29, 1.82) is 0 Å². The number of anilines is 1. The van der Waals surface area contributed by atoms with Crippen molar-refractivity contribution in [3.63, 3.8) is 0 Å². The van der Waals surface area contributed by atoms with Gasteiger partial charge in [0.15, 0.2) is 16.6 Å². The molecule has 0 aromatic carbocycles. The van der Waals surface area contributed by atoms with Crippen LogP contribution in [0, 0.1) is 0 Å². The second-order valence-electron chi connectivity index (χ2n) is 3.51. The molecule has 0 saturated carbocycles. The van der Waals surface area contributed by atoms with Crippen LogP contribution in [0.4, 0.5) is 5.13 Å². The highest BCUT2D eigenvalue weighted by molar-refractivity contribution is 7.13. The number of nitrogens with one attached hydrogen (secondary N) is 1. The Morgan fingerprint density at radius 3 is 2.94 bits per heavy atom. The van der Waals surface area contributed by atoms with E-state index in [1.165, 1.54) is 16.7 Å². The van der Waals surface area contributed by atoms with Crippen molar-refractivity contribution in [2.75, 3.05) is 5.32 Å². The van der Waals surface area contributed by atoms with Crippen molar-refractivity contribution in [3.8, 4) is 0 Å². The van der Waals surface area contributed by atoms with Crippen molar-refractivity contribution < 1.29 is 9.90 Å². The highest BCUT2D eigenvalue weighted by Crippen LogP contribution is 2.20. The molecule has 0 spiro atoms. The summed E-state index contributed by atoms with van der Waals surface area (Å²) in [5.74, 6) is -0.266. The summed E-state index contributed by atoms with van der Waals surface area (Å²) in [7, 11) is 1.85. The van der Waals surface area contributed by atoms with Crippen molar-refractivity contribution in [1.82, 2.24) is 19.7 Å². The molecule has 1 unspecified atom stereocenters. The lowest BCUT2D eigenvalue weighted by Gasteiger charge is -2.11. The number of aromatic carboxylic acids is 1. The summed E-state index contributed by atoms with van der Waals surface area (Å²) < 4.78 is 1.80. The number of thiazole rings is 1. The molecule has 7 nitrogen and oxygen atoms in total. The SMILES string of the molecule is CC(Nc1nc(C(=O)O)cs1)c1nncn1C. The normalized spacial score (nSPS) is 12.4. The summed E-state index contributed by atoms with van der Waals surface area (Å²) in [6.07, 6.45) is 1.61. The Balaban J connectivity index is 2.10. The van der Waals surface area contributed by atoms with Crippen molar-refractivity contribution in [2.24, 2.45) is 7.05 Å². The largest absolute Gasteiger partial charge is 0.476 e. The maximum atomic E-state index is 10.7. The molecule has 90 valence electrons. The number of carboxylic acid groups (broad SMARTS) is 1. The number of rotatable bonds is 4. The Morgan fingerprint density at radius 1 is 1.65 bits per heavy atom. The molecule has 2 aromatic heterocycles. The van der Waals surface area contributed by atoms with Crippen LogP contribution in [0.2, 0.25) is 0 Å². The molecule has 1 atom stereocenters. The minimum atomic E-state index is -1.03. The van der Waals surface area contributed by atoms with Gasteiger partial charge >= 0.3 is 5.97 Å². The van der Waals surface area contributed by atoms with Gasteiger partial charge in [-0.25, -0.2) is 9.78 Å². The van der Waals surface area contributed by atoms with Crippen LogP contribution in [0.25, 0.3) is 0 Å². The van der Waals surface area contributed by atoms with Crippen molar-refractivity contribution in [3.05, 3.63) is 23.2 Å². The third-order valence-electron chi connectivity index (χ3n) is 2.20. The Morgan fingerprint density at radius 2 is 2.41 bits per heavy atom. The first-order valence-electron chi connectivity index (χ1n) is 4.87. The van der Waals surface area contributed by atoms with E-state index in [1.54, 1.807) is 10.9 Å². The van der Waals surface area contributed by atoms with Crippen molar-refractivity contribution >= 4 is 22.4 Å². The highest BCUT2D eigenvalue weighted by Gasteiger charge is 2.14. The fourth-order valence-electron chi connectivity index (χ4n) is 1.37. The number of aryl methyl sites for hydroxylation is 1. The lowest BCUT2D eigenvalue weighted by Crippen LogP contribution is -2.12. The van der Waals surface area contributed by atoms with Crippen LogP contribution in [0.15, 0.2) is 11.7 Å². The maximum absolute atomic E-state index is 10.7. The standard InChI is InChI=1S/C9H11N5O2S/c1-5(7-13-10-4-14(7)2)11-9-12-6(3-17-9)8(15)16/h3-5H,1-2H3,(H,11,12)(H,15,16). The lowest BCUT2D eigenvalue weighted by molar-refractivity contribution is 0.0691. The van der Waals surface area contributed by atoms with Crippen LogP contribution in [-0.4, -0.2) is 30.8 Å². The molecule has 0 amide bonds. The minimum Gasteiger partial charge on any atom is -0.476 e. The smallest absolute Gasteiger partial charge is 0.355 e. The molecule has 2 heterocycles. The summed E-state index contributed by atoms with van der Waals surface area (Å²) in [6.45, 7) is 1.91. The van der Waals surface area contributed by atoms with Gasteiger partial charge in [-0.2, -0.15) is 0 Å². The predicted molar refractivity (Wildman–Crippen MR) is 62.1 cm³/mol. The van der Waals surface area contributed by atoms with Gasteiger partial charge in [-0.05, 0) is 6.92 Å². The molecule has 2 aromatic rings. The average molecular weight is 253 g/mol. The van der Waals surface area contributed by atoms with Gasteiger partial charge < -0.3 is 15.0 Å². The molecule has 0 aliphatic carbocycles. The van der Waals surface area contributed by atoms with Gasteiger partial charge in [0.05, 0.1) is 6.04 Å². The van der Waals surface area contributed by atoms with E-state index >= 15 is 0 Å². The second-order valence-corrected chi connectivity index (χ2v) is 4.37. The van der Waals surface area contributed by atoms with Gasteiger partial charge in [0.1, 0.15) is 6.33 Å². The zero-order valence-electron chi connectivity index (χ0n) is 9.28. The third kappa shape index (κ3) is 2.41. The molecular formula is C9H11N5O2S. The average Bonchev–Trinajstić information content (AvgIpc) is 2.86. The number of aromatic nitrogens is 4. The summed E-state index contributed by atoms with van der Waals surface area (Å²) in [5.41, 5.74) is 0.0441. The van der Waals surface area contributed by atoms with E-state index in [0.717, 1.165) is 5.82 Å². The van der Waals surface area contributed by atoms with Crippen LogP contribution in [-0.2, 0) is 7.05 Å². The molecule has 0 fully saturated rings. The van der Waals surface area contributed by atoms with Gasteiger partial charge in [0.2, 0.25) is 0 Å². The molecule has 8 heteroatoms. The molecule has 0 aliphatic heterocycles. The van der Waals surface area contributed by atoms with Gasteiger partial charge in [-0.15, -0.1) is 21.5 Å². The molecule has 0 aliphatic rings. The fraction of sp³-hybridized carbons (Fsp3) is 0.333. The monoisotopic (exact) mass is 253 g/mol. The summed E-state index contributed by atoms with van der Waals surface area (Å²) >= 11 is 1.25. The van der Waals surface area contributed by atoms with Crippen LogP contribution < -0.4 is 5.32 Å². The van der Waals surface area contributed by atoms with Gasteiger partial charge in [0, 0.05) is 12.4 Å². The zero-order chi connectivity index (χ0) is 12.4. The Labute approximate surface area is 101 Å². The van der Waals surface area contributed by atoms with E-state index in [1.807, 2.05) is 14.0 Å². The van der Waals surface area contributed by atoms with Crippen LogP contribution in [0.5, 0.6) is 0 Å². The van der Waals surface area contributed by atoms with E-state index in [0.29, 0.717) is 5.13 Å². The van der Waals surface area contributed by atoms with Crippen LogP contribution in [0.1, 0.15) is 29.3 Å². The first kappa shape index (κ1) is 11.5. The first-order chi connectivity index (χ1) is 8.08. The van der Waals surface area contributed by atoms with E-state index in [2.05, 4.69) is 20.5 Å². The highest BCUT2D eigenvalue weighted by atomic mass is 32.1. The third-order valence-corrected chi connectivity index (χ3v) is 2.97. The Hall–Kier alpha value is -1.96. The second kappa shape index (κ2) is 4.50. The quantitative estimate of drug-likeness (QED) is 0.848. The van der Waals surface area contributed by atoms with Gasteiger partial charge in [-0.1, -0.05) is 0 Å². The molecule has 2 rings (SSSR count). The topological polar surface area (TPSA) is 92.9 Å². The number of carbonyl (C=O) groups is 1. The van der Waals surface area contributed by atoms with E-state index < -0.39 is 5.97 Å². The number of hydrogen-bond donors (Lipinski definition) is 2. The van der Waals surface area contributed by atoms with Gasteiger partial charge in [-0.3, -0.25) is 0 Å². The Bertz CT molecular complexity index is 535.